The fourth-order valence-electron chi connectivity index (χ4n) is 3.05. The van der Waals surface area contributed by atoms with E-state index in [2.05, 4.69) is 36.4 Å². The number of anilines is 2. The van der Waals surface area contributed by atoms with Crippen molar-refractivity contribution in [1.82, 2.24) is 0 Å². The topological polar surface area (TPSA) is 53.9 Å². The van der Waals surface area contributed by atoms with Crippen molar-refractivity contribution < 1.29 is 9.53 Å². The Bertz CT molecular complexity index is 815. The normalized spacial score (nSPS) is 16.4. The van der Waals surface area contributed by atoms with E-state index in [0.29, 0.717) is 13.2 Å². The standard InChI is InChI=1S/C22H27N3O2/c1-4-13-27-20-11-9-19(10-12-20)25-22(26)21(16(3)24-25)15-23-18-8-6-7-17(5-2)14-18/h6-12,14,21,23H,4-5,13,15H2,1-3H3. The zero-order chi connectivity index (χ0) is 19.2. The number of benzene rings is 2. The minimum atomic E-state index is -0.258. The summed E-state index contributed by atoms with van der Waals surface area (Å²) in [4.78, 5) is 12.9. The minimum Gasteiger partial charge on any atom is -0.494 e. The van der Waals surface area contributed by atoms with E-state index >= 15 is 0 Å². The molecule has 1 aliphatic rings. The first-order chi connectivity index (χ1) is 13.1. The second kappa shape index (κ2) is 8.71. The first kappa shape index (κ1) is 19.0. The number of hydrogen-bond donors (Lipinski definition) is 1. The Morgan fingerprint density at radius 2 is 1.93 bits per heavy atom. The van der Waals surface area contributed by atoms with Crippen LogP contribution in [0.5, 0.6) is 5.75 Å². The van der Waals surface area contributed by atoms with Gasteiger partial charge < -0.3 is 10.1 Å². The summed E-state index contributed by atoms with van der Waals surface area (Å²) >= 11 is 0. The number of ether oxygens (including phenoxy) is 1. The molecule has 0 spiro atoms. The summed E-state index contributed by atoms with van der Waals surface area (Å²) in [7, 11) is 0. The Morgan fingerprint density at radius 3 is 2.63 bits per heavy atom. The van der Waals surface area contributed by atoms with Gasteiger partial charge in [0.05, 0.1) is 23.9 Å². The average molecular weight is 365 g/mol. The van der Waals surface area contributed by atoms with Crippen LogP contribution in [0.15, 0.2) is 53.6 Å². The molecule has 0 fully saturated rings. The molecule has 27 heavy (non-hydrogen) atoms. The van der Waals surface area contributed by atoms with E-state index in [1.54, 1.807) is 0 Å². The van der Waals surface area contributed by atoms with Crippen LogP contribution in [0.25, 0.3) is 0 Å². The lowest BCUT2D eigenvalue weighted by molar-refractivity contribution is -0.119. The first-order valence-electron chi connectivity index (χ1n) is 9.57. The van der Waals surface area contributed by atoms with Gasteiger partial charge in [-0.15, -0.1) is 0 Å². The number of rotatable bonds is 8. The van der Waals surface area contributed by atoms with E-state index in [1.165, 1.54) is 10.6 Å². The molecule has 1 aliphatic heterocycles. The molecule has 1 heterocycles. The highest BCUT2D eigenvalue weighted by atomic mass is 16.5. The molecular weight excluding hydrogens is 338 g/mol. The lowest BCUT2D eigenvalue weighted by Gasteiger charge is -2.16. The van der Waals surface area contributed by atoms with E-state index in [9.17, 15) is 4.79 Å². The van der Waals surface area contributed by atoms with Gasteiger partial charge in [-0.05, 0) is 61.7 Å². The van der Waals surface area contributed by atoms with E-state index in [1.807, 2.05) is 43.3 Å². The van der Waals surface area contributed by atoms with Crippen molar-refractivity contribution in [3.05, 3.63) is 54.1 Å². The molecule has 0 saturated carbocycles. The summed E-state index contributed by atoms with van der Waals surface area (Å²) in [6, 6.07) is 15.8. The molecule has 0 bridgehead atoms. The SMILES string of the molecule is CCCOc1ccc(N2N=C(C)C(CNc3cccc(CC)c3)C2=O)cc1. The van der Waals surface area contributed by atoms with Gasteiger partial charge in [0, 0.05) is 12.2 Å². The monoisotopic (exact) mass is 365 g/mol. The number of aryl methyl sites for hydroxylation is 1. The maximum atomic E-state index is 12.9. The largest absolute Gasteiger partial charge is 0.494 e. The molecule has 0 radical (unpaired) electrons. The third kappa shape index (κ3) is 4.48. The molecule has 0 saturated heterocycles. The van der Waals surface area contributed by atoms with Crippen LogP contribution in [0.2, 0.25) is 0 Å². The van der Waals surface area contributed by atoms with Crippen LogP contribution in [0.4, 0.5) is 11.4 Å². The molecule has 0 aromatic heterocycles. The molecule has 142 valence electrons. The van der Waals surface area contributed by atoms with Crippen molar-refractivity contribution in [3.63, 3.8) is 0 Å². The zero-order valence-corrected chi connectivity index (χ0v) is 16.2. The second-order valence-electron chi connectivity index (χ2n) is 6.72. The van der Waals surface area contributed by atoms with Crippen molar-refractivity contribution in [3.8, 4) is 5.75 Å². The van der Waals surface area contributed by atoms with Crippen LogP contribution in [-0.2, 0) is 11.2 Å². The highest BCUT2D eigenvalue weighted by molar-refractivity contribution is 6.15. The van der Waals surface area contributed by atoms with Crippen LogP contribution < -0.4 is 15.1 Å². The predicted molar refractivity (Wildman–Crippen MR) is 111 cm³/mol. The minimum absolute atomic E-state index is 0.00567. The molecular formula is C22H27N3O2. The molecule has 1 amide bonds. The van der Waals surface area contributed by atoms with Crippen LogP contribution in [0.1, 0.15) is 32.8 Å². The summed E-state index contributed by atoms with van der Waals surface area (Å²) in [6.07, 6.45) is 1.95. The van der Waals surface area contributed by atoms with Crippen LogP contribution >= 0.6 is 0 Å². The Balaban J connectivity index is 1.64. The number of hydrogen-bond acceptors (Lipinski definition) is 4. The highest BCUT2D eigenvalue weighted by Gasteiger charge is 2.34. The van der Waals surface area contributed by atoms with Crippen LogP contribution in [-0.4, -0.2) is 24.8 Å². The second-order valence-corrected chi connectivity index (χ2v) is 6.72. The average Bonchev–Trinajstić information content (AvgIpc) is 2.99. The van der Waals surface area contributed by atoms with Gasteiger partial charge in [-0.3, -0.25) is 4.79 Å². The summed E-state index contributed by atoms with van der Waals surface area (Å²) in [6.45, 7) is 7.33. The molecule has 3 rings (SSSR count). The Morgan fingerprint density at radius 1 is 1.15 bits per heavy atom. The predicted octanol–water partition coefficient (Wildman–Crippen LogP) is 4.49. The van der Waals surface area contributed by atoms with Crippen molar-refractivity contribution in [2.75, 3.05) is 23.5 Å². The summed E-state index contributed by atoms with van der Waals surface area (Å²) in [5, 5.41) is 9.35. The molecule has 5 nitrogen and oxygen atoms in total. The van der Waals surface area contributed by atoms with Gasteiger partial charge >= 0.3 is 0 Å². The van der Waals surface area contributed by atoms with Gasteiger partial charge in [0.25, 0.3) is 5.91 Å². The molecule has 5 heteroatoms. The number of hydrazone groups is 1. The highest BCUT2D eigenvalue weighted by Crippen LogP contribution is 2.26. The van der Waals surface area contributed by atoms with E-state index in [-0.39, 0.29) is 11.8 Å². The quantitative estimate of drug-likeness (QED) is 0.750. The lowest BCUT2D eigenvalue weighted by atomic mass is 10.0. The van der Waals surface area contributed by atoms with E-state index in [4.69, 9.17) is 4.74 Å². The van der Waals surface area contributed by atoms with Gasteiger partial charge in [0.15, 0.2) is 0 Å². The zero-order valence-electron chi connectivity index (χ0n) is 16.2. The fraction of sp³-hybridized carbons (Fsp3) is 0.364. The summed E-state index contributed by atoms with van der Waals surface area (Å²) in [5.74, 6) is 0.544. The number of carbonyl (C=O) groups excluding carboxylic acids is 1. The molecule has 1 atom stereocenters. The molecule has 1 N–H and O–H groups in total. The van der Waals surface area contributed by atoms with Crippen LogP contribution in [0, 0.1) is 5.92 Å². The van der Waals surface area contributed by atoms with Gasteiger partial charge in [-0.2, -0.15) is 5.10 Å². The van der Waals surface area contributed by atoms with E-state index in [0.717, 1.165) is 35.7 Å². The molecule has 2 aromatic rings. The van der Waals surface area contributed by atoms with Gasteiger partial charge in [-0.1, -0.05) is 26.0 Å². The summed E-state index contributed by atoms with van der Waals surface area (Å²) in [5.41, 5.74) is 3.89. The van der Waals surface area contributed by atoms with Crippen molar-refractivity contribution in [1.29, 1.82) is 0 Å². The van der Waals surface area contributed by atoms with E-state index < -0.39 is 0 Å². The van der Waals surface area contributed by atoms with Gasteiger partial charge in [0.2, 0.25) is 0 Å². The van der Waals surface area contributed by atoms with Crippen molar-refractivity contribution in [2.45, 2.75) is 33.6 Å². The third-order valence-corrected chi connectivity index (χ3v) is 4.67. The lowest BCUT2D eigenvalue weighted by Crippen LogP contribution is -2.31. The Labute approximate surface area is 161 Å². The van der Waals surface area contributed by atoms with Gasteiger partial charge in [-0.25, -0.2) is 5.01 Å². The Kier molecular flexibility index (Phi) is 6.12. The first-order valence-corrected chi connectivity index (χ1v) is 9.57. The maximum absolute atomic E-state index is 12.9. The van der Waals surface area contributed by atoms with Gasteiger partial charge in [0.1, 0.15) is 5.75 Å². The fourth-order valence-corrected chi connectivity index (χ4v) is 3.05. The number of amides is 1. The third-order valence-electron chi connectivity index (χ3n) is 4.67. The van der Waals surface area contributed by atoms with Crippen molar-refractivity contribution >= 4 is 23.0 Å². The summed E-state index contributed by atoms with van der Waals surface area (Å²) < 4.78 is 5.60. The molecule has 0 aliphatic carbocycles. The molecule has 2 aromatic carbocycles. The number of carbonyl (C=O) groups is 1. The molecule has 1 unspecified atom stereocenters. The number of nitrogens with zero attached hydrogens (tertiary/aromatic N) is 2. The Hall–Kier alpha value is -2.82. The maximum Gasteiger partial charge on any atom is 0.258 e. The van der Waals surface area contributed by atoms with Crippen LogP contribution in [0.3, 0.4) is 0 Å². The smallest absolute Gasteiger partial charge is 0.258 e. The van der Waals surface area contributed by atoms with Crippen molar-refractivity contribution in [2.24, 2.45) is 11.0 Å². The number of nitrogens with one attached hydrogen (secondary N) is 1.